The Kier molecular flexibility index (Phi) is 4.11. The molecule has 0 saturated heterocycles. The first kappa shape index (κ1) is 13.1. The molecule has 0 fully saturated rings. The third-order valence-corrected chi connectivity index (χ3v) is 2.92. The van der Waals surface area contributed by atoms with Crippen molar-refractivity contribution < 1.29 is 4.79 Å². The van der Waals surface area contributed by atoms with Crippen LogP contribution in [0.15, 0.2) is 73.3 Å². The summed E-state index contributed by atoms with van der Waals surface area (Å²) in [5.74, 6) is 5.72. The summed E-state index contributed by atoms with van der Waals surface area (Å²) < 4.78 is 0. The van der Waals surface area contributed by atoms with Crippen molar-refractivity contribution in [3.63, 3.8) is 0 Å². The predicted molar refractivity (Wildman–Crippen MR) is 76.2 cm³/mol. The fourth-order valence-corrected chi connectivity index (χ4v) is 1.92. The second kappa shape index (κ2) is 5.98. The number of hydrogen-bond donors (Lipinski definition) is 1. The highest BCUT2D eigenvalue weighted by molar-refractivity contribution is 5.94. The zero-order valence-corrected chi connectivity index (χ0v) is 10.6. The van der Waals surface area contributed by atoms with Crippen molar-refractivity contribution in [2.75, 3.05) is 0 Å². The van der Waals surface area contributed by atoms with E-state index < -0.39 is 0 Å². The number of amides is 1. The molecule has 19 heavy (non-hydrogen) atoms. The number of benzene rings is 2. The standard InChI is InChI=1S/C16H16N2O/c1-2-15(13-9-5-3-6-10-13)18(17)16(19)14-11-7-4-8-12-14/h2-12,15H,1,17H2. The van der Waals surface area contributed by atoms with Crippen LogP contribution in [0.1, 0.15) is 22.0 Å². The molecule has 0 aliphatic heterocycles. The predicted octanol–water partition coefficient (Wildman–Crippen LogP) is 2.93. The molecule has 0 bridgehead atoms. The Morgan fingerprint density at radius 1 is 1.05 bits per heavy atom. The van der Waals surface area contributed by atoms with Gasteiger partial charge in [0.15, 0.2) is 0 Å². The average Bonchev–Trinajstić information content (AvgIpc) is 2.49. The average molecular weight is 252 g/mol. The van der Waals surface area contributed by atoms with Crippen LogP contribution in [-0.4, -0.2) is 10.9 Å². The highest BCUT2D eigenvalue weighted by Gasteiger charge is 2.20. The summed E-state index contributed by atoms with van der Waals surface area (Å²) in [4.78, 5) is 12.3. The van der Waals surface area contributed by atoms with Crippen LogP contribution in [0.2, 0.25) is 0 Å². The van der Waals surface area contributed by atoms with E-state index in [2.05, 4.69) is 6.58 Å². The fraction of sp³-hybridized carbons (Fsp3) is 0.0625. The van der Waals surface area contributed by atoms with Crippen LogP contribution < -0.4 is 5.84 Å². The van der Waals surface area contributed by atoms with Crippen molar-refractivity contribution in [2.24, 2.45) is 5.84 Å². The number of nitrogens with zero attached hydrogens (tertiary/aromatic N) is 1. The first-order valence-corrected chi connectivity index (χ1v) is 6.05. The summed E-state index contributed by atoms with van der Waals surface area (Å²) >= 11 is 0. The molecule has 0 heterocycles. The lowest BCUT2D eigenvalue weighted by atomic mass is 10.1. The van der Waals surface area contributed by atoms with E-state index in [0.717, 1.165) is 5.56 Å². The van der Waals surface area contributed by atoms with E-state index in [4.69, 9.17) is 5.84 Å². The van der Waals surface area contributed by atoms with Gasteiger partial charge in [0.1, 0.15) is 0 Å². The van der Waals surface area contributed by atoms with Crippen molar-refractivity contribution >= 4 is 5.91 Å². The van der Waals surface area contributed by atoms with E-state index in [0.29, 0.717) is 5.56 Å². The second-order valence-corrected chi connectivity index (χ2v) is 4.17. The van der Waals surface area contributed by atoms with E-state index >= 15 is 0 Å². The Hall–Kier alpha value is -2.39. The van der Waals surface area contributed by atoms with Gasteiger partial charge in [0.2, 0.25) is 0 Å². The first-order chi connectivity index (χ1) is 9.24. The third-order valence-electron chi connectivity index (χ3n) is 2.92. The van der Waals surface area contributed by atoms with E-state index in [-0.39, 0.29) is 11.9 Å². The van der Waals surface area contributed by atoms with Gasteiger partial charge >= 0.3 is 0 Å². The molecule has 1 amide bonds. The zero-order valence-electron chi connectivity index (χ0n) is 10.6. The van der Waals surface area contributed by atoms with E-state index in [1.54, 1.807) is 18.2 Å². The Bertz CT molecular complexity index is 551. The Morgan fingerprint density at radius 2 is 1.58 bits per heavy atom. The third kappa shape index (κ3) is 2.89. The van der Waals surface area contributed by atoms with Gasteiger partial charge in [-0.1, -0.05) is 54.6 Å². The van der Waals surface area contributed by atoms with Gasteiger partial charge in [0.05, 0.1) is 6.04 Å². The topological polar surface area (TPSA) is 46.3 Å². The number of hydrazine groups is 1. The molecule has 2 aromatic carbocycles. The maximum absolute atomic E-state index is 12.3. The van der Waals surface area contributed by atoms with Crippen molar-refractivity contribution in [3.05, 3.63) is 84.4 Å². The molecule has 0 aromatic heterocycles. The van der Waals surface area contributed by atoms with Crippen LogP contribution in [0.5, 0.6) is 0 Å². The second-order valence-electron chi connectivity index (χ2n) is 4.17. The van der Waals surface area contributed by atoms with Crippen molar-refractivity contribution in [2.45, 2.75) is 6.04 Å². The normalized spacial score (nSPS) is 11.6. The Morgan fingerprint density at radius 3 is 2.11 bits per heavy atom. The van der Waals surface area contributed by atoms with E-state index in [1.807, 2.05) is 48.5 Å². The molecule has 1 unspecified atom stereocenters. The minimum Gasteiger partial charge on any atom is -0.268 e. The summed E-state index contributed by atoms with van der Waals surface area (Å²) in [7, 11) is 0. The van der Waals surface area contributed by atoms with Gasteiger partial charge < -0.3 is 0 Å². The minimum absolute atomic E-state index is 0.227. The van der Waals surface area contributed by atoms with Gasteiger partial charge in [-0.2, -0.15) is 0 Å². The maximum Gasteiger partial charge on any atom is 0.268 e. The monoisotopic (exact) mass is 252 g/mol. The Labute approximate surface area is 112 Å². The molecule has 0 aliphatic rings. The van der Waals surface area contributed by atoms with Gasteiger partial charge in [-0.25, -0.2) is 5.84 Å². The Balaban J connectivity index is 2.25. The van der Waals surface area contributed by atoms with Gasteiger partial charge in [-0.3, -0.25) is 9.80 Å². The van der Waals surface area contributed by atoms with Gasteiger partial charge in [0, 0.05) is 5.56 Å². The molecular formula is C16H16N2O. The van der Waals surface area contributed by atoms with Crippen molar-refractivity contribution in [1.29, 1.82) is 0 Å². The largest absolute Gasteiger partial charge is 0.268 e. The van der Waals surface area contributed by atoms with Crippen LogP contribution in [0, 0.1) is 0 Å². The van der Waals surface area contributed by atoms with Gasteiger partial charge in [0.25, 0.3) is 5.91 Å². The molecule has 0 saturated carbocycles. The molecule has 96 valence electrons. The van der Waals surface area contributed by atoms with E-state index in [1.165, 1.54) is 5.01 Å². The summed E-state index contributed by atoms with van der Waals surface area (Å²) in [6.45, 7) is 3.76. The minimum atomic E-state index is -0.339. The number of hydrogen-bond acceptors (Lipinski definition) is 2. The van der Waals surface area contributed by atoms with Crippen LogP contribution >= 0.6 is 0 Å². The summed E-state index contributed by atoms with van der Waals surface area (Å²) in [5.41, 5.74) is 1.50. The fourth-order valence-electron chi connectivity index (χ4n) is 1.92. The number of rotatable bonds is 4. The number of carbonyl (C=O) groups is 1. The lowest BCUT2D eigenvalue weighted by Gasteiger charge is -2.25. The van der Waals surface area contributed by atoms with Gasteiger partial charge in [-0.15, -0.1) is 6.58 Å². The maximum atomic E-state index is 12.3. The van der Waals surface area contributed by atoms with Crippen LogP contribution in [-0.2, 0) is 0 Å². The summed E-state index contributed by atoms with van der Waals surface area (Å²) in [6, 6.07) is 18.2. The van der Waals surface area contributed by atoms with Crippen LogP contribution in [0.3, 0.4) is 0 Å². The van der Waals surface area contributed by atoms with Crippen molar-refractivity contribution in [1.82, 2.24) is 5.01 Å². The highest BCUT2D eigenvalue weighted by atomic mass is 16.2. The quantitative estimate of drug-likeness (QED) is 0.393. The van der Waals surface area contributed by atoms with Crippen molar-refractivity contribution in [3.8, 4) is 0 Å². The number of carbonyl (C=O) groups excluding carboxylic acids is 1. The lowest BCUT2D eigenvalue weighted by Crippen LogP contribution is -2.39. The van der Waals surface area contributed by atoms with Gasteiger partial charge in [-0.05, 0) is 17.7 Å². The molecule has 1 atom stereocenters. The first-order valence-electron chi connectivity index (χ1n) is 6.05. The molecule has 0 aliphatic carbocycles. The zero-order chi connectivity index (χ0) is 13.7. The summed E-state index contributed by atoms with van der Waals surface area (Å²) in [6.07, 6.45) is 1.66. The SMILES string of the molecule is C=CC(c1ccccc1)N(N)C(=O)c1ccccc1. The molecule has 0 radical (unpaired) electrons. The smallest absolute Gasteiger partial charge is 0.268 e. The van der Waals surface area contributed by atoms with Crippen LogP contribution in [0.4, 0.5) is 0 Å². The molecule has 3 heteroatoms. The molecule has 2 N–H and O–H groups in total. The summed E-state index contributed by atoms with van der Waals surface area (Å²) in [5, 5.41) is 1.21. The molecule has 3 nitrogen and oxygen atoms in total. The number of nitrogens with two attached hydrogens (primary N) is 1. The molecule has 2 rings (SSSR count). The van der Waals surface area contributed by atoms with E-state index in [9.17, 15) is 4.79 Å². The highest BCUT2D eigenvalue weighted by Crippen LogP contribution is 2.20. The lowest BCUT2D eigenvalue weighted by molar-refractivity contribution is 0.0711. The van der Waals surface area contributed by atoms with Crippen LogP contribution in [0.25, 0.3) is 0 Å². The molecule has 2 aromatic rings. The molecule has 0 spiro atoms. The molecular weight excluding hydrogens is 236 g/mol.